The van der Waals surface area contributed by atoms with Crippen LogP contribution in [0.3, 0.4) is 0 Å². The summed E-state index contributed by atoms with van der Waals surface area (Å²) >= 11 is 4.57. The number of nitrogens with one attached hydrogen (secondary N) is 1. The van der Waals surface area contributed by atoms with E-state index in [4.69, 9.17) is 33.8 Å². The summed E-state index contributed by atoms with van der Waals surface area (Å²) in [6, 6.07) is 0. The number of isothiocyanates is 1. The van der Waals surface area contributed by atoms with Crippen molar-refractivity contribution >= 4 is 46.8 Å². The molecular formula is C29H38N2O16S. The van der Waals surface area contributed by atoms with E-state index in [1.54, 1.807) is 0 Å². The Morgan fingerprint density at radius 3 is 2.42 bits per heavy atom. The Labute approximate surface area is 279 Å². The monoisotopic (exact) mass is 702 g/mol. The third kappa shape index (κ3) is 7.40. The fraction of sp³-hybridized carbons (Fsp3) is 0.655. The lowest BCUT2D eigenvalue weighted by Crippen LogP contribution is -2.70. The maximum atomic E-state index is 13.2. The van der Waals surface area contributed by atoms with Crippen LogP contribution < -0.4 is 0 Å². The van der Waals surface area contributed by atoms with Crippen molar-refractivity contribution in [3.05, 3.63) is 23.1 Å². The van der Waals surface area contributed by atoms with Crippen LogP contribution in [0.4, 0.5) is 0 Å². The lowest BCUT2D eigenvalue weighted by molar-refractivity contribution is -0.344. The van der Waals surface area contributed by atoms with E-state index >= 15 is 0 Å². The van der Waals surface area contributed by atoms with Crippen LogP contribution in [0.5, 0.6) is 0 Å². The lowest BCUT2D eigenvalue weighted by Gasteiger charge is -2.51. The summed E-state index contributed by atoms with van der Waals surface area (Å²) in [4.78, 5) is 53.2. The molecule has 0 saturated carbocycles. The molecule has 0 spiro atoms. The summed E-state index contributed by atoms with van der Waals surface area (Å²) < 4.78 is 33.8. The number of aliphatic hydroxyl groups is 5. The number of Topliss-reactive ketones (excluding diaryl/α,β-unsaturated/α-hetero) is 1. The topological polar surface area (TPSA) is 281 Å². The van der Waals surface area contributed by atoms with E-state index in [0.29, 0.717) is 0 Å². The zero-order valence-electron chi connectivity index (χ0n) is 26.5. The number of ether oxygens (including phenoxy) is 6. The Kier molecular flexibility index (Phi) is 12.5. The number of nitrogens with zero attached hydrogens (tertiary/aromatic N) is 1. The van der Waals surface area contributed by atoms with Gasteiger partial charge in [0, 0.05) is 20.5 Å². The van der Waals surface area contributed by atoms with Gasteiger partial charge >= 0.3 is 17.9 Å². The van der Waals surface area contributed by atoms with Gasteiger partial charge in [-0.25, -0.2) is 9.59 Å². The van der Waals surface area contributed by atoms with Gasteiger partial charge in [0.1, 0.15) is 53.7 Å². The Morgan fingerprint density at radius 2 is 1.90 bits per heavy atom. The van der Waals surface area contributed by atoms with E-state index in [0.717, 1.165) is 6.92 Å². The number of aliphatic hydroxyl groups excluding tert-OH is 3. The summed E-state index contributed by atoms with van der Waals surface area (Å²) in [5.41, 5.74) is -7.66. The van der Waals surface area contributed by atoms with Gasteiger partial charge in [0.2, 0.25) is 0 Å². The molecule has 11 atom stereocenters. The summed E-state index contributed by atoms with van der Waals surface area (Å²) in [5.74, 6) is -6.55. The van der Waals surface area contributed by atoms with E-state index in [9.17, 15) is 49.8 Å². The highest BCUT2D eigenvalue weighted by atomic mass is 32.1. The molecule has 0 amide bonds. The molecule has 18 nitrogen and oxygen atoms in total. The molecule has 48 heavy (non-hydrogen) atoms. The van der Waals surface area contributed by atoms with Crippen molar-refractivity contribution in [3.8, 4) is 0 Å². The largest absolute Gasteiger partial charge is 0.508 e. The van der Waals surface area contributed by atoms with Crippen LogP contribution in [0.2, 0.25) is 0 Å². The second kappa shape index (κ2) is 15.4. The number of hydrogen-bond donors (Lipinski definition) is 7. The van der Waals surface area contributed by atoms with E-state index < -0.39 is 120 Å². The minimum Gasteiger partial charge on any atom is -0.508 e. The predicted octanol–water partition coefficient (Wildman–Crippen LogP) is -1.14. The third-order valence-electron chi connectivity index (χ3n) is 8.48. The molecule has 3 rings (SSSR count). The number of aliphatic carboxylic acids is 1. The van der Waals surface area contributed by atoms with Gasteiger partial charge in [-0.15, -0.1) is 0 Å². The maximum Gasteiger partial charge on any atom is 0.357 e. The van der Waals surface area contributed by atoms with Crippen LogP contribution in [-0.2, 0) is 47.6 Å². The van der Waals surface area contributed by atoms with Gasteiger partial charge < -0.3 is 59.1 Å². The molecule has 0 aromatic carbocycles. The number of carboxylic acids is 1. The number of thiocarbonyl (C=S) groups is 1. The summed E-state index contributed by atoms with van der Waals surface area (Å²) in [6.07, 6.45) is -14.9. The van der Waals surface area contributed by atoms with Crippen LogP contribution in [0.25, 0.3) is 0 Å². The number of carboxylic acid groups (broad SMARTS) is 1. The minimum atomic E-state index is -3.00. The number of ketones is 1. The Hall–Kier alpha value is -3.49. The van der Waals surface area contributed by atoms with Gasteiger partial charge in [0.15, 0.2) is 29.5 Å². The number of aliphatic imine (C=N–C) groups is 1. The molecule has 7 N–H and O–H groups in total. The third-order valence-corrected chi connectivity index (χ3v) is 8.57. The minimum absolute atomic E-state index is 0.296. The molecule has 266 valence electrons. The highest BCUT2D eigenvalue weighted by Crippen LogP contribution is 2.42. The van der Waals surface area contributed by atoms with Crippen molar-refractivity contribution in [1.29, 1.82) is 5.41 Å². The molecule has 0 unspecified atom stereocenters. The number of rotatable bonds is 11. The van der Waals surface area contributed by atoms with Crippen molar-refractivity contribution in [3.63, 3.8) is 0 Å². The lowest BCUT2D eigenvalue weighted by atomic mass is 9.74. The molecule has 2 heterocycles. The number of carbonyl (C=O) groups excluding carboxylic acids is 3. The van der Waals surface area contributed by atoms with Crippen molar-refractivity contribution in [2.75, 3.05) is 13.7 Å². The van der Waals surface area contributed by atoms with Gasteiger partial charge in [-0.05, 0) is 33.0 Å². The standard InChI is InChI=1S/C29H38N2O16S/c1-6-14(31-10-48)27(39)47-22-16(9-43-13(4)33)45-25(28(40)8-15(34)20(30)19(24(28)36)26(37)38)21(35)23(22)46-18-7-17(42-5)29(41,11(2)32)12(3)44-18/h6,11-12,16-18,21-23,25,30,32,35-36,40-41H,7-9H2,1-5H3,(H,37,38)/b14-6+,30-20?/t11-,12+,16-,17+,18+,21+,22+,23-,25-,28+,29-/m0/s1. The number of hydrogen-bond acceptors (Lipinski definition) is 18. The Morgan fingerprint density at radius 1 is 1.25 bits per heavy atom. The number of esters is 2. The first kappa shape index (κ1) is 39.0. The van der Waals surface area contributed by atoms with E-state index in [1.165, 1.54) is 34.0 Å². The molecule has 0 aromatic heterocycles. The van der Waals surface area contributed by atoms with Crippen molar-refractivity contribution in [1.82, 2.24) is 0 Å². The molecule has 2 fully saturated rings. The fourth-order valence-electron chi connectivity index (χ4n) is 5.92. The zero-order chi connectivity index (χ0) is 36.3. The highest BCUT2D eigenvalue weighted by Gasteiger charge is 2.61. The van der Waals surface area contributed by atoms with E-state index in [-0.39, 0.29) is 12.1 Å². The van der Waals surface area contributed by atoms with Crippen LogP contribution >= 0.6 is 12.2 Å². The van der Waals surface area contributed by atoms with Crippen molar-refractivity contribution < 1.29 is 78.2 Å². The van der Waals surface area contributed by atoms with Crippen molar-refractivity contribution in [2.24, 2.45) is 4.99 Å². The zero-order valence-corrected chi connectivity index (χ0v) is 27.3. The van der Waals surface area contributed by atoms with E-state index in [1.807, 2.05) is 5.16 Å². The maximum absolute atomic E-state index is 13.2. The molecule has 2 saturated heterocycles. The Balaban J connectivity index is 2.17. The normalized spacial score (nSPS) is 36.6. The van der Waals surface area contributed by atoms with Crippen LogP contribution in [0.15, 0.2) is 28.1 Å². The van der Waals surface area contributed by atoms with Gasteiger partial charge in [-0.2, -0.15) is 4.99 Å². The van der Waals surface area contributed by atoms with Gasteiger partial charge in [-0.3, -0.25) is 15.0 Å². The first-order valence-corrected chi connectivity index (χ1v) is 15.0. The molecule has 19 heteroatoms. The van der Waals surface area contributed by atoms with Gasteiger partial charge in [0.25, 0.3) is 0 Å². The molecular weight excluding hydrogens is 664 g/mol. The molecule has 0 radical (unpaired) electrons. The summed E-state index contributed by atoms with van der Waals surface area (Å²) in [7, 11) is 1.25. The first-order valence-electron chi connectivity index (χ1n) is 14.6. The summed E-state index contributed by atoms with van der Waals surface area (Å²) in [5, 5.41) is 75.3. The SMILES string of the molecule is C/C=C(/N=C=S)C(=O)O[C@H]1[C@@H](O[C@@H]2C[C@@H](OC)[C@](O)([C@H](C)O)[C@@H](C)O2)[C@@H](O)[C@@H]([C@@]2(O)CC(=O)C(=N)C(C(=O)O)=C2O)O[C@H]1COC(C)=O. The highest BCUT2D eigenvalue weighted by molar-refractivity contribution is 7.78. The van der Waals surface area contributed by atoms with Crippen molar-refractivity contribution in [2.45, 2.75) is 107 Å². The number of methoxy groups -OCH3 is 1. The smallest absolute Gasteiger partial charge is 0.357 e. The fourth-order valence-corrected chi connectivity index (χ4v) is 6.02. The molecule has 0 aromatic rings. The summed E-state index contributed by atoms with van der Waals surface area (Å²) in [6.45, 7) is 4.44. The average molecular weight is 703 g/mol. The van der Waals surface area contributed by atoms with Crippen LogP contribution in [-0.4, -0.2) is 145 Å². The Bertz CT molecular complexity index is 1430. The second-order valence-corrected chi connectivity index (χ2v) is 11.6. The first-order chi connectivity index (χ1) is 22.4. The molecule has 3 aliphatic rings. The molecule has 1 aliphatic carbocycles. The quantitative estimate of drug-likeness (QED) is 0.0580. The van der Waals surface area contributed by atoms with Gasteiger partial charge in [-0.1, -0.05) is 6.08 Å². The molecule has 0 bridgehead atoms. The average Bonchev–Trinajstić information content (AvgIpc) is 3.01. The number of allylic oxidation sites excluding steroid dienone is 1. The predicted molar refractivity (Wildman–Crippen MR) is 161 cm³/mol. The van der Waals surface area contributed by atoms with Gasteiger partial charge in [0.05, 0.1) is 29.9 Å². The second-order valence-electron chi connectivity index (χ2n) is 11.4. The number of carbonyl (C=O) groups is 4. The van der Waals surface area contributed by atoms with Crippen LogP contribution in [0, 0.1) is 5.41 Å². The van der Waals surface area contributed by atoms with E-state index in [2.05, 4.69) is 17.2 Å². The van der Waals surface area contributed by atoms with Crippen LogP contribution in [0.1, 0.15) is 40.5 Å². The molecule has 2 aliphatic heterocycles.